The normalized spacial score (nSPS) is 9.56. The third-order valence-corrected chi connectivity index (χ3v) is 1.77. The van der Waals surface area contributed by atoms with Crippen molar-refractivity contribution in [1.29, 1.82) is 0 Å². The second-order valence-electron chi connectivity index (χ2n) is 3.64. The topological polar surface area (TPSA) is 65.0 Å². The van der Waals surface area contributed by atoms with Gasteiger partial charge >= 0.3 is 5.97 Å². The maximum absolute atomic E-state index is 10.3. The molecule has 5 nitrogen and oxygen atoms in total. The zero-order valence-electron chi connectivity index (χ0n) is 11.9. The number of unbranched alkanes of at least 4 members (excludes halogenated alkanes) is 1. The van der Waals surface area contributed by atoms with Crippen molar-refractivity contribution in [3.63, 3.8) is 0 Å². The fourth-order valence-electron chi connectivity index (χ4n) is 0.813. The van der Waals surface area contributed by atoms with Gasteiger partial charge < -0.3 is 19.3 Å². The van der Waals surface area contributed by atoms with Gasteiger partial charge in [-0.3, -0.25) is 4.79 Å². The van der Waals surface area contributed by atoms with Crippen molar-refractivity contribution in [1.82, 2.24) is 0 Å². The molecule has 0 unspecified atom stereocenters. The Balaban J connectivity index is 0. The molecule has 0 spiro atoms. The van der Waals surface area contributed by atoms with Gasteiger partial charge in [-0.15, -0.1) is 0 Å². The van der Waals surface area contributed by atoms with E-state index in [0.717, 1.165) is 25.9 Å². The van der Waals surface area contributed by atoms with Crippen molar-refractivity contribution in [2.24, 2.45) is 0 Å². The third-order valence-electron chi connectivity index (χ3n) is 1.77. The van der Waals surface area contributed by atoms with E-state index in [-0.39, 0.29) is 5.97 Å². The molecule has 0 aliphatic heterocycles. The Bertz CT molecular complexity index is 159. The summed E-state index contributed by atoms with van der Waals surface area (Å²) in [5.41, 5.74) is 0. The van der Waals surface area contributed by atoms with Crippen LogP contribution in [0.5, 0.6) is 0 Å². The maximum Gasteiger partial charge on any atom is 0.302 e. The first-order valence-corrected chi connectivity index (χ1v) is 6.58. The molecule has 1 N–H and O–H groups in total. The second-order valence-corrected chi connectivity index (χ2v) is 3.64. The zero-order valence-corrected chi connectivity index (χ0v) is 11.9. The highest BCUT2D eigenvalue weighted by molar-refractivity contribution is 5.65. The average Bonchev–Trinajstić information content (AvgIpc) is 2.37. The number of hydrogen-bond donors (Lipinski definition) is 1. The first-order valence-electron chi connectivity index (χ1n) is 6.58. The molecule has 0 rings (SSSR count). The van der Waals surface area contributed by atoms with Crippen molar-refractivity contribution in [2.45, 2.75) is 40.0 Å². The predicted molar refractivity (Wildman–Crippen MR) is 70.6 cm³/mol. The molecule has 0 aromatic carbocycles. The molecule has 0 saturated carbocycles. The molecule has 0 amide bonds. The van der Waals surface area contributed by atoms with E-state index in [0.29, 0.717) is 33.0 Å². The SMILES string of the molecule is CCCCOCCOCCOC(C)=O.CCCO. The molecule has 0 aromatic rings. The van der Waals surface area contributed by atoms with E-state index in [9.17, 15) is 4.79 Å². The number of aliphatic hydroxyl groups excluding tert-OH is 1. The Morgan fingerprint density at radius 3 is 1.89 bits per heavy atom. The van der Waals surface area contributed by atoms with Crippen LogP contribution in [0.3, 0.4) is 0 Å². The summed E-state index contributed by atoms with van der Waals surface area (Å²) in [6.45, 7) is 8.49. The molecule has 5 heteroatoms. The lowest BCUT2D eigenvalue weighted by Crippen LogP contribution is -2.11. The Morgan fingerprint density at radius 1 is 0.944 bits per heavy atom. The minimum atomic E-state index is -0.271. The summed E-state index contributed by atoms with van der Waals surface area (Å²) in [5, 5.41) is 7.88. The Kier molecular flexibility index (Phi) is 20.5. The first-order chi connectivity index (χ1) is 8.68. The van der Waals surface area contributed by atoms with Crippen LogP contribution in [0, 0.1) is 0 Å². The smallest absolute Gasteiger partial charge is 0.302 e. The van der Waals surface area contributed by atoms with Crippen molar-refractivity contribution >= 4 is 5.97 Å². The summed E-state index contributed by atoms with van der Waals surface area (Å²) >= 11 is 0. The van der Waals surface area contributed by atoms with E-state index < -0.39 is 0 Å². The number of carbonyl (C=O) groups excluding carboxylic acids is 1. The molecule has 18 heavy (non-hydrogen) atoms. The highest BCUT2D eigenvalue weighted by atomic mass is 16.6. The van der Waals surface area contributed by atoms with Gasteiger partial charge in [0.15, 0.2) is 0 Å². The zero-order chi connectivity index (χ0) is 14.1. The van der Waals surface area contributed by atoms with E-state index in [1.807, 2.05) is 6.92 Å². The summed E-state index contributed by atoms with van der Waals surface area (Å²) in [7, 11) is 0. The van der Waals surface area contributed by atoms with Crippen LogP contribution in [0.2, 0.25) is 0 Å². The van der Waals surface area contributed by atoms with Gasteiger partial charge in [0.2, 0.25) is 0 Å². The van der Waals surface area contributed by atoms with Crippen LogP contribution < -0.4 is 0 Å². The molecule has 0 aliphatic rings. The monoisotopic (exact) mass is 264 g/mol. The lowest BCUT2D eigenvalue weighted by molar-refractivity contribution is -0.142. The fourth-order valence-corrected chi connectivity index (χ4v) is 0.813. The van der Waals surface area contributed by atoms with Gasteiger partial charge in [0.25, 0.3) is 0 Å². The molecule has 0 bridgehead atoms. The highest BCUT2D eigenvalue weighted by Crippen LogP contribution is 1.87. The summed E-state index contributed by atoms with van der Waals surface area (Å²) in [6, 6.07) is 0. The van der Waals surface area contributed by atoms with E-state index in [2.05, 4.69) is 11.7 Å². The second kappa shape index (κ2) is 18.7. The summed E-state index contributed by atoms with van der Waals surface area (Å²) < 4.78 is 15.1. The first kappa shape index (κ1) is 19.7. The Labute approximate surface area is 110 Å². The Morgan fingerprint density at radius 2 is 1.44 bits per heavy atom. The molecule has 110 valence electrons. The molecule has 0 radical (unpaired) electrons. The van der Waals surface area contributed by atoms with Crippen LogP contribution in [-0.4, -0.2) is 50.7 Å². The minimum absolute atomic E-state index is 0.271. The Hall–Kier alpha value is -0.650. The molecular weight excluding hydrogens is 236 g/mol. The van der Waals surface area contributed by atoms with Gasteiger partial charge in [-0.25, -0.2) is 0 Å². The largest absolute Gasteiger partial charge is 0.463 e. The average molecular weight is 264 g/mol. The van der Waals surface area contributed by atoms with Gasteiger partial charge in [0, 0.05) is 20.1 Å². The van der Waals surface area contributed by atoms with Gasteiger partial charge in [-0.1, -0.05) is 20.3 Å². The van der Waals surface area contributed by atoms with Crippen molar-refractivity contribution in [3.05, 3.63) is 0 Å². The molecule has 0 heterocycles. The third kappa shape index (κ3) is 24.5. The molecule has 0 aromatic heterocycles. The maximum atomic E-state index is 10.3. The van der Waals surface area contributed by atoms with E-state index in [4.69, 9.17) is 14.6 Å². The number of carbonyl (C=O) groups is 1. The fraction of sp³-hybridized carbons (Fsp3) is 0.923. The van der Waals surface area contributed by atoms with Crippen LogP contribution in [-0.2, 0) is 19.0 Å². The van der Waals surface area contributed by atoms with Gasteiger partial charge in [0.1, 0.15) is 6.61 Å². The van der Waals surface area contributed by atoms with Crippen molar-refractivity contribution in [2.75, 3.05) is 39.6 Å². The van der Waals surface area contributed by atoms with Gasteiger partial charge in [-0.2, -0.15) is 0 Å². The van der Waals surface area contributed by atoms with Gasteiger partial charge in [0.05, 0.1) is 19.8 Å². The number of aliphatic hydroxyl groups is 1. The standard InChI is InChI=1S/C10H20O4.C3H8O/c1-3-4-5-12-6-7-13-8-9-14-10(2)11;1-2-3-4/h3-9H2,1-2H3;4H,2-3H2,1H3. The van der Waals surface area contributed by atoms with Crippen LogP contribution >= 0.6 is 0 Å². The van der Waals surface area contributed by atoms with Crippen LogP contribution in [0.4, 0.5) is 0 Å². The predicted octanol–water partition coefficient (Wildman–Crippen LogP) is 1.77. The van der Waals surface area contributed by atoms with E-state index >= 15 is 0 Å². The molecular formula is C13H28O5. The number of hydrogen-bond acceptors (Lipinski definition) is 5. The molecule has 0 atom stereocenters. The highest BCUT2D eigenvalue weighted by Gasteiger charge is 1.93. The number of ether oxygens (including phenoxy) is 3. The van der Waals surface area contributed by atoms with Gasteiger partial charge in [-0.05, 0) is 12.8 Å². The molecule has 0 aliphatic carbocycles. The lowest BCUT2D eigenvalue weighted by atomic mass is 10.4. The molecule has 0 fully saturated rings. The number of esters is 1. The van der Waals surface area contributed by atoms with Crippen molar-refractivity contribution in [3.8, 4) is 0 Å². The van der Waals surface area contributed by atoms with E-state index in [1.165, 1.54) is 6.92 Å². The minimum Gasteiger partial charge on any atom is -0.463 e. The quantitative estimate of drug-likeness (QED) is 0.481. The van der Waals surface area contributed by atoms with Crippen molar-refractivity contribution < 1.29 is 24.1 Å². The number of rotatable bonds is 10. The van der Waals surface area contributed by atoms with E-state index in [1.54, 1.807) is 0 Å². The summed E-state index contributed by atoms with van der Waals surface area (Å²) in [5.74, 6) is -0.271. The lowest BCUT2D eigenvalue weighted by Gasteiger charge is -2.05. The van der Waals surface area contributed by atoms with Crippen LogP contribution in [0.15, 0.2) is 0 Å². The summed E-state index contributed by atoms with van der Waals surface area (Å²) in [6.07, 6.45) is 3.11. The summed E-state index contributed by atoms with van der Waals surface area (Å²) in [4.78, 5) is 10.3. The van der Waals surface area contributed by atoms with Crippen LogP contribution in [0.1, 0.15) is 40.0 Å². The molecule has 0 saturated heterocycles. The van der Waals surface area contributed by atoms with Crippen LogP contribution in [0.25, 0.3) is 0 Å².